The summed E-state index contributed by atoms with van der Waals surface area (Å²) in [5.74, 6) is 1.04. The number of likely N-dealkylation sites (N-methyl/N-ethyl adjacent to an activating group) is 1. The third kappa shape index (κ3) is 3.45. The fourth-order valence-electron chi connectivity index (χ4n) is 0.561. The topological polar surface area (TPSA) is 24.8 Å². The molecular formula is C7H16N2O. The molecule has 0 bridgehead atoms. The maximum absolute atomic E-state index is 4.91. The van der Waals surface area contributed by atoms with Gasteiger partial charge in [0.05, 0.1) is 12.4 Å². The molecule has 0 saturated heterocycles. The number of amidine groups is 1. The van der Waals surface area contributed by atoms with Crippen LogP contribution in [0.1, 0.15) is 6.92 Å². The second kappa shape index (κ2) is 5.23. The average Bonchev–Trinajstić information content (AvgIpc) is 1.98. The first-order chi connectivity index (χ1) is 4.72. The normalized spacial score (nSPS) is 11.8. The van der Waals surface area contributed by atoms with Gasteiger partial charge in [-0.1, -0.05) is 0 Å². The van der Waals surface area contributed by atoms with Gasteiger partial charge in [0.25, 0.3) is 0 Å². The molecule has 0 aromatic carbocycles. The molecule has 0 aromatic heterocycles. The molecule has 0 aromatic rings. The summed E-state index contributed by atoms with van der Waals surface area (Å²) in [4.78, 5) is 6.09. The van der Waals surface area contributed by atoms with E-state index in [1.54, 1.807) is 14.2 Å². The molecule has 0 saturated carbocycles. The Kier molecular flexibility index (Phi) is 4.94. The Morgan fingerprint density at radius 1 is 1.60 bits per heavy atom. The van der Waals surface area contributed by atoms with Crippen LogP contribution >= 0.6 is 0 Å². The zero-order valence-electron chi connectivity index (χ0n) is 7.22. The quantitative estimate of drug-likeness (QED) is 0.428. The van der Waals surface area contributed by atoms with Gasteiger partial charge >= 0.3 is 0 Å². The third-order valence-corrected chi connectivity index (χ3v) is 1.51. The summed E-state index contributed by atoms with van der Waals surface area (Å²) in [7, 11) is 5.49. The minimum absolute atomic E-state index is 0.753. The van der Waals surface area contributed by atoms with Crippen molar-refractivity contribution in [3.05, 3.63) is 0 Å². The molecule has 0 radical (unpaired) electrons. The smallest absolute Gasteiger partial charge is 0.0952 e. The van der Waals surface area contributed by atoms with Crippen LogP contribution in [0, 0.1) is 0 Å². The number of hydrogen-bond donors (Lipinski definition) is 0. The van der Waals surface area contributed by atoms with Crippen molar-refractivity contribution in [2.75, 3.05) is 34.4 Å². The van der Waals surface area contributed by atoms with Crippen LogP contribution < -0.4 is 0 Å². The van der Waals surface area contributed by atoms with Crippen molar-refractivity contribution in [2.24, 2.45) is 4.99 Å². The molecule has 0 atom stereocenters. The molecule has 60 valence electrons. The molecule has 3 nitrogen and oxygen atoms in total. The summed E-state index contributed by atoms with van der Waals surface area (Å²) in [5, 5.41) is 0. The average molecular weight is 144 g/mol. The first-order valence-electron chi connectivity index (χ1n) is 3.35. The SMILES string of the molecule is CN=C(C)N(C)CCOC. The highest BCUT2D eigenvalue weighted by molar-refractivity contribution is 5.79. The Balaban J connectivity index is 3.51. The highest BCUT2D eigenvalue weighted by Crippen LogP contribution is 1.85. The summed E-state index contributed by atoms with van der Waals surface area (Å²) in [6.45, 7) is 3.64. The van der Waals surface area contributed by atoms with Crippen LogP contribution in [0.2, 0.25) is 0 Å². The highest BCUT2D eigenvalue weighted by Gasteiger charge is 1.96. The van der Waals surface area contributed by atoms with Crippen LogP contribution in [0.4, 0.5) is 0 Å². The summed E-state index contributed by atoms with van der Waals surface area (Å²) in [5.41, 5.74) is 0. The van der Waals surface area contributed by atoms with Gasteiger partial charge in [0.2, 0.25) is 0 Å². The van der Waals surface area contributed by atoms with Gasteiger partial charge in [0.1, 0.15) is 0 Å². The number of methoxy groups -OCH3 is 1. The maximum Gasteiger partial charge on any atom is 0.0952 e. The van der Waals surface area contributed by atoms with Crippen LogP contribution in [0.15, 0.2) is 4.99 Å². The van der Waals surface area contributed by atoms with E-state index in [-0.39, 0.29) is 0 Å². The number of rotatable bonds is 3. The molecule has 0 spiro atoms. The van der Waals surface area contributed by atoms with Gasteiger partial charge in [-0.05, 0) is 6.92 Å². The van der Waals surface area contributed by atoms with Gasteiger partial charge in [0, 0.05) is 27.7 Å². The van der Waals surface area contributed by atoms with Crippen molar-refractivity contribution >= 4 is 5.84 Å². The zero-order chi connectivity index (χ0) is 7.98. The van der Waals surface area contributed by atoms with Gasteiger partial charge < -0.3 is 9.64 Å². The summed E-state index contributed by atoms with van der Waals surface area (Å²) in [6.07, 6.45) is 0. The largest absolute Gasteiger partial charge is 0.383 e. The maximum atomic E-state index is 4.91. The molecule has 0 aliphatic rings. The van der Waals surface area contributed by atoms with Crippen molar-refractivity contribution in [3.63, 3.8) is 0 Å². The van der Waals surface area contributed by atoms with E-state index in [9.17, 15) is 0 Å². The van der Waals surface area contributed by atoms with E-state index in [0.717, 1.165) is 19.0 Å². The van der Waals surface area contributed by atoms with Crippen LogP contribution in [-0.4, -0.2) is 45.1 Å². The van der Waals surface area contributed by atoms with Crippen LogP contribution in [0.5, 0.6) is 0 Å². The first kappa shape index (κ1) is 9.43. The lowest BCUT2D eigenvalue weighted by Crippen LogP contribution is -2.27. The number of hydrogen-bond acceptors (Lipinski definition) is 2. The summed E-state index contributed by atoms with van der Waals surface area (Å²) < 4.78 is 4.91. The van der Waals surface area contributed by atoms with E-state index in [2.05, 4.69) is 9.89 Å². The monoisotopic (exact) mass is 144 g/mol. The van der Waals surface area contributed by atoms with Crippen LogP contribution in [0.25, 0.3) is 0 Å². The minimum Gasteiger partial charge on any atom is -0.383 e. The molecule has 0 aliphatic heterocycles. The van der Waals surface area contributed by atoms with Crippen LogP contribution in [0.3, 0.4) is 0 Å². The van der Waals surface area contributed by atoms with Gasteiger partial charge in [0.15, 0.2) is 0 Å². The van der Waals surface area contributed by atoms with E-state index in [0.29, 0.717) is 0 Å². The molecule has 0 N–H and O–H groups in total. The molecule has 0 amide bonds. The van der Waals surface area contributed by atoms with E-state index in [1.165, 1.54) is 0 Å². The second-order valence-corrected chi connectivity index (χ2v) is 2.19. The third-order valence-electron chi connectivity index (χ3n) is 1.51. The Bertz CT molecular complexity index is 112. The minimum atomic E-state index is 0.753. The van der Waals surface area contributed by atoms with Crippen molar-refractivity contribution in [3.8, 4) is 0 Å². The van der Waals surface area contributed by atoms with E-state index in [4.69, 9.17) is 4.74 Å². The predicted molar refractivity (Wildman–Crippen MR) is 43.5 cm³/mol. The lowest BCUT2D eigenvalue weighted by Gasteiger charge is -2.16. The van der Waals surface area contributed by atoms with E-state index in [1.807, 2.05) is 14.0 Å². The number of nitrogens with zero attached hydrogens (tertiary/aromatic N) is 2. The van der Waals surface area contributed by atoms with Crippen molar-refractivity contribution in [1.29, 1.82) is 0 Å². The van der Waals surface area contributed by atoms with E-state index < -0.39 is 0 Å². The standard InChI is InChI=1S/C7H16N2O/c1-7(8-2)9(3)5-6-10-4/h5-6H2,1-4H3. The van der Waals surface area contributed by atoms with Crippen molar-refractivity contribution in [1.82, 2.24) is 4.90 Å². The molecular weight excluding hydrogens is 128 g/mol. The molecule has 0 heterocycles. The molecule has 0 aliphatic carbocycles. The summed E-state index contributed by atoms with van der Waals surface area (Å²) in [6, 6.07) is 0. The van der Waals surface area contributed by atoms with Gasteiger partial charge in [-0.3, -0.25) is 4.99 Å². The Morgan fingerprint density at radius 2 is 2.20 bits per heavy atom. The zero-order valence-corrected chi connectivity index (χ0v) is 7.22. The molecule has 10 heavy (non-hydrogen) atoms. The fourth-order valence-corrected chi connectivity index (χ4v) is 0.561. The fraction of sp³-hybridized carbons (Fsp3) is 0.857. The van der Waals surface area contributed by atoms with Crippen molar-refractivity contribution in [2.45, 2.75) is 6.92 Å². The Hall–Kier alpha value is -0.570. The lowest BCUT2D eigenvalue weighted by atomic mass is 10.5. The molecule has 0 fully saturated rings. The van der Waals surface area contributed by atoms with Crippen molar-refractivity contribution < 1.29 is 4.74 Å². The summed E-state index contributed by atoms with van der Waals surface area (Å²) >= 11 is 0. The van der Waals surface area contributed by atoms with Gasteiger partial charge in [-0.2, -0.15) is 0 Å². The number of aliphatic imine (C=N–C) groups is 1. The first-order valence-corrected chi connectivity index (χ1v) is 3.35. The predicted octanol–water partition coefficient (Wildman–Crippen LogP) is 0.613. The highest BCUT2D eigenvalue weighted by atomic mass is 16.5. The Labute approximate surface area is 62.7 Å². The van der Waals surface area contributed by atoms with Crippen LogP contribution in [-0.2, 0) is 4.74 Å². The molecule has 3 heteroatoms. The second-order valence-electron chi connectivity index (χ2n) is 2.19. The van der Waals surface area contributed by atoms with E-state index >= 15 is 0 Å². The Morgan fingerprint density at radius 3 is 2.60 bits per heavy atom. The number of ether oxygens (including phenoxy) is 1. The molecule has 0 unspecified atom stereocenters. The van der Waals surface area contributed by atoms with Gasteiger partial charge in [-0.15, -0.1) is 0 Å². The molecule has 0 rings (SSSR count). The van der Waals surface area contributed by atoms with Gasteiger partial charge in [-0.25, -0.2) is 0 Å². The lowest BCUT2D eigenvalue weighted by molar-refractivity contribution is 0.182.